The first-order valence-electron chi connectivity index (χ1n) is 11.7. The van der Waals surface area contributed by atoms with Gasteiger partial charge in [0.15, 0.2) is 0 Å². The van der Waals surface area contributed by atoms with E-state index in [9.17, 15) is 18.1 Å². The molecule has 0 spiro atoms. The predicted molar refractivity (Wildman–Crippen MR) is 144 cm³/mol. The summed E-state index contributed by atoms with van der Waals surface area (Å²) in [4.78, 5) is 19.9. The van der Waals surface area contributed by atoms with Crippen molar-refractivity contribution in [2.45, 2.75) is 70.8 Å². The number of nitrogens with zero attached hydrogens (tertiary/aromatic N) is 4. The molecule has 0 unspecified atom stereocenters. The van der Waals surface area contributed by atoms with Crippen molar-refractivity contribution in [3.8, 4) is 11.5 Å². The molecule has 1 fully saturated rings. The molecule has 190 valence electrons. The number of aromatic nitrogens is 2. The zero-order valence-corrected chi connectivity index (χ0v) is 23.6. The molecule has 3 rings (SSSR count). The number of alkyl halides is 2. The Hall–Kier alpha value is -2.22. The largest absolute Gasteiger partial charge is 0.591 e. The molecule has 0 amide bonds. The second-order valence-corrected chi connectivity index (χ2v) is 17.7. The van der Waals surface area contributed by atoms with Crippen LogP contribution >= 0.6 is 0 Å². The van der Waals surface area contributed by atoms with Crippen LogP contribution in [-0.4, -0.2) is 51.6 Å². The van der Waals surface area contributed by atoms with E-state index in [0.29, 0.717) is 33.7 Å². The number of hydrogen-bond donors (Lipinski definition) is 0. The van der Waals surface area contributed by atoms with Crippen LogP contribution in [0.1, 0.15) is 51.7 Å². The van der Waals surface area contributed by atoms with E-state index < -0.39 is 30.1 Å². The van der Waals surface area contributed by atoms with Gasteiger partial charge in [-0.25, -0.2) is 13.8 Å². The average Bonchev–Trinajstić information content (AvgIpc) is 2.73. The summed E-state index contributed by atoms with van der Waals surface area (Å²) in [6.45, 7) is 13.9. The van der Waals surface area contributed by atoms with Gasteiger partial charge in [0, 0.05) is 44.1 Å². The van der Waals surface area contributed by atoms with Gasteiger partial charge in [-0.15, -0.1) is 5.54 Å². The Morgan fingerprint density at radius 1 is 1.23 bits per heavy atom. The van der Waals surface area contributed by atoms with E-state index in [1.807, 2.05) is 26.8 Å². The molecule has 0 N–H and O–H groups in total. The standard InChI is InChI=1S/C25H34F2N4O2SSi/c1-17(29-34(33)24(2,3)4)19-15-18(9-14-35(6,7)8)16-20-21(19)28-23(30(5)22(20)32)31-12-10-25(26,27)11-13-31/h15-16H,10-13H2,1-8H3/t34-/m1/s1. The van der Waals surface area contributed by atoms with E-state index >= 15 is 0 Å². The van der Waals surface area contributed by atoms with Crippen LogP contribution in [0.15, 0.2) is 21.3 Å². The SMILES string of the molecule is CC(=N[S@+]([O-])C(C)(C)C)c1cc(C#C[Si](C)(C)C)cc2c(=O)n(C)c(N3CCC(F)(F)CC3)nc12. The van der Waals surface area contributed by atoms with Gasteiger partial charge in [-0.05, 0) is 39.8 Å². The Morgan fingerprint density at radius 3 is 2.37 bits per heavy atom. The topological polar surface area (TPSA) is 73.6 Å². The summed E-state index contributed by atoms with van der Waals surface area (Å²) in [7, 11) is -0.0741. The quantitative estimate of drug-likeness (QED) is 0.255. The van der Waals surface area contributed by atoms with Crippen LogP contribution in [0.2, 0.25) is 19.6 Å². The summed E-state index contributed by atoms with van der Waals surface area (Å²) in [5, 5.41) is 0.368. The molecule has 1 aliphatic heterocycles. The van der Waals surface area contributed by atoms with Crippen molar-refractivity contribution in [1.29, 1.82) is 0 Å². The van der Waals surface area contributed by atoms with Crippen LogP contribution in [0.5, 0.6) is 0 Å². The molecule has 0 aliphatic carbocycles. The maximum atomic E-state index is 13.7. The number of piperidine rings is 1. The lowest BCUT2D eigenvalue weighted by molar-refractivity contribution is -0.0223. The zero-order valence-electron chi connectivity index (χ0n) is 21.8. The molecule has 0 bridgehead atoms. The summed E-state index contributed by atoms with van der Waals surface area (Å²) in [5.41, 5.74) is 5.16. The summed E-state index contributed by atoms with van der Waals surface area (Å²) in [6.07, 6.45) is -0.575. The van der Waals surface area contributed by atoms with E-state index in [1.165, 1.54) is 4.57 Å². The molecule has 2 heterocycles. The number of fused-ring (bicyclic) bond motifs is 1. The fourth-order valence-electron chi connectivity index (χ4n) is 3.60. The third-order valence-electron chi connectivity index (χ3n) is 5.65. The van der Waals surface area contributed by atoms with Crippen LogP contribution in [0, 0.1) is 11.5 Å². The second-order valence-electron chi connectivity index (χ2n) is 11.1. The highest BCUT2D eigenvalue weighted by Crippen LogP contribution is 2.30. The molecule has 1 atom stereocenters. The zero-order chi connectivity index (χ0) is 26.3. The summed E-state index contributed by atoms with van der Waals surface area (Å²) in [6, 6.07) is 3.55. The van der Waals surface area contributed by atoms with Gasteiger partial charge < -0.3 is 9.45 Å². The minimum absolute atomic E-state index is 0.106. The summed E-state index contributed by atoms with van der Waals surface area (Å²) >= 11 is -1.51. The smallest absolute Gasteiger partial charge is 0.262 e. The van der Waals surface area contributed by atoms with Gasteiger partial charge in [0.2, 0.25) is 5.95 Å². The third kappa shape index (κ3) is 6.51. The minimum Gasteiger partial charge on any atom is -0.591 e. The van der Waals surface area contributed by atoms with Gasteiger partial charge in [-0.3, -0.25) is 9.36 Å². The van der Waals surface area contributed by atoms with Crippen LogP contribution in [-0.2, 0) is 18.4 Å². The highest BCUT2D eigenvalue weighted by Gasteiger charge is 2.35. The Kier molecular flexibility index (Phi) is 7.56. The van der Waals surface area contributed by atoms with Crippen molar-refractivity contribution in [3.63, 3.8) is 0 Å². The Bertz CT molecular complexity index is 1270. The lowest BCUT2D eigenvalue weighted by atomic mass is 10.0. The molecule has 6 nitrogen and oxygen atoms in total. The molecule has 1 aromatic carbocycles. The first-order chi connectivity index (χ1) is 16.0. The molecule has 1 aliphatic rings. The molecular formula is C25H34F2N4O2SSi. The number of halogens is 2. The summed E-state index contributed by atoms with van der Waals surface area (Å²) < 4.78 is 45.5. The van der Waals surface area contributed by atoms with Gasteiger partial charge in [-0.2, -0.15) is 0 Å². The van der Waals surface area contributed by atoms with Crippen molar-refractivity contribution in [1.82, 2.24) is 9.55 Å². The fourth-order valence-corrected chi connectivity index (χ4v) is 4.74. The van der Waals surface area contributed by atoms with Crippen LogP contribution in [0.3, 0.4) is 0 Å². The van der Waals surface area contributed by atoms with E-state index in [-0.39, 0.29) is 31.5 Å². The Morgan fingerprint density at radius 2 is 1.83 bits per heavy atom. The first-order valence-corrected chi connectivity index (χ1v) is 16.3. The van der Waals surface area contributed by atoms with Gasteiger partial charge in [0.1, 0.15) is 24.2 Å². The molecule has 0 radical (unpaired) electrons. The molecular weight excluding hydrogens is 486 g/mol. The number of benzene rings is 1. The third-order valence-corrected chi connectivity index (χ3v) is 8.01. The summed E-state index contributed by atoms with van der Waals surface area (Å²) in [5.74, 6) is 0.832. The first kappa shape index (κ1) is 27.4. The van der Waals surface area contributed by atoms with E-state index in [4.69, 9.17) is 4.98 Å². The van der Waals surface area contributed by atoms with Crippen LogP contribution in [0.25, 0.3) is 10.9 Å². The highest BCUT2D eigenvalue weighted by atomic mass is 32.2. The fraction of sp³-hybridized carbons (Fsp3) is 0.560. The number of rotatable bonds is 3. The number of anilines is 1. The van der Waals surface area contributed by atoms with E-state index in [0.717, 1.165) is 0 Å². The maximum Gasteiger partial charge on any atom is 0.262 e. The molecule has 10 heteroatoms. The van der Waals surface area contributed by atoms with Gasteiger partial charge in [0.25, 0.3) is 11.5 Å². The van der Waals surface area contributed by atoms with Crippen molar-refractivity contribution < 1.29 is 13.3 Å². The normalized spacial score (nSPS) is 17.8. The van der Waals surface area contributed by atoms with Crippen molar-refractivity contribution in [3.05, 3.63) is 33.6 Å². The average molecular weight is 521 g/mol. The molecule has 0 saturated carbocycles. The molecule has 1 aromatic heterocycles. The van der Waals surface area contributed by atoms with Gasteiger partial charge in [0.05, 0.1) is 16.6 Å². The maximum absolute atomic E-state index is 13.7. The Balaban J connectivity index is 2.26. The molecule has 35 heavy (non-hydrogen) atoms. The monoisotopic (exact) mass is 520 g/mol. The molecule has 1 saturated heterocycles. The Labute approximate surface area is 210 Å². The van der Waals surface area contributed by atoms with E-state index in [2.05, 4.69) is 35.5 Å². The number of hydrogen-bond acceptors (Lipinski definition) is 5. The van der Waals surface area contributed by atoms with Crippen molar-refractivity contribution in [2.24, 2.45) is 11.4 Å². The van der Waals surface area contributed by atoms with Crippen molar-refractivity contribution in [2.75, 3.05) is 18.0 Å². The second kappa shape index (κ2) is 9.68. The van der Waals surface area contributed by atoms with Crippen LogP contribution < -0.4 is 10.5 Å². The van der Waals surface area contributed by atoms with E-state index in [1.54, 1.807) is 24.9 Å². The lowest BCUT2D eigenvalue weighted by Gasteiger charge is -2.33. The minimum atomic E-state index is -2.71. The lowest BCUT2D eigenvalue weighted by Crippen LogP contribution is -2.42. The van der Waals surface area contributed by atoms with Gasteiger partial charge >= 0.3 is 0 Å². The predicted octanol–water partition coefficient (Wildman–Crippen LogP) is 4.67. The molecule has 2 aromatic rings. The van der Waals surface area contributed by atoms with Gasteiger partial charge in [-0.1, -0.05) is 30.0 Å². The van der Waals surface area contributed by atoms with Crippen LogP contribution in [0.4, 0.5) is 14.7 Å². The van der Waals surface area contributed by atoms with Crippen molar-refractivity contribution >= 4 is 42.0 Å². The highest BCUT2D eigenvalue weighted by molar-refractivity contribution is 7.91.